The average Bonchev–Trinajstić information content (AvgIpc) is 2.27. The molecule has 0 aliphatic carbocycles. The van der Waals surface area contributed by atoms with Crippen molar-refractivity contribution in [2.75, 3.05) is 13.7 Å². The van der Waals surface area contributed by atoms with Crippen LogP contribution in [-0.2, 0) is 6.54 Å². The summed E-state index contributed by atoms with van der Waals surface area (Å²) in [4.78, 5) is 0. The van der Waals surface area contributed by atoms with E-state index in [1.165, 1.54) is 0 Å². The fourth-order valence-corrected chi connectivity index (χ4v) is 1.45. The van der Waals surface area contributed by atoms with Gasteiger partial charge in [0.15, 0.2) is 0 Å². The van der Waals surface area contributed by atoms with Gasteiger partial charge in [-0.2, -0.15) is 0 Å². The summed E-state index contributed by atoms with van der Waals surface area (Å²) in [7, 11) is 1.65. The lowest BCUT2D eigenvalue weighted by Gasteiger charge is -2.19. The van der Waals surface area contributed by atoms with Gasteiger partial charge in [-0.15, -0.1) is 0 Å². The minimum absolute atomic E-state index is 0.287. The molecule has 1 aromatic carbocycles. The molecule has 1 aromatic rings. The number of benzene rings is 1. The molecule has 0 atom stereocenters. The highest BCUT2D eigenvalue weighted by molar-refractivity contribution is 5.40. The molecule has 2 N–H and O–H groups in total. The molecule has 0 aliphatic rings. The summed E-state index contributed by atoms with van der Waals surface area (Å²) < 4.78 is 10.9. The van der Waals surface area contributed by atoms with E-state index in [2.05, 4.69) is 20.8 Å². The van der Waals surface area contributed by atoms with E-state index in [9.17, 15) is 0 Å². The van der Waals surface area contributed by atoms with E-state index in [1.54, 1.807) is 7.11 Å². The van der Waals surface area contributed by atoms with Crippen LogP contribution in [0.3, 0.4) is 0 Å². The number of nitrogens with two attached hydrogens (primary N) is 1. The predicted octanol–water partition coefficient (Wildman–Crippen LogP) is 2.97. The van der Waals surface area contributed by atoms with E-state index >= 15 is 0 Å². The van der Waals surface area contributed by atoms with E-state index in [0.29, 0.717) is 13.2 Å². The van der Waals surface area contributed by atoms with Gasteiger partial charge in [0.05, 0.1) is 13.7 Å². The zero-order valence-electron chi connectivity index (χ0n) is 11.2. The number of hydrogen-bond donors (Lipinski definition) is 1. The number of hydrogen-bond acceptors (Lipinski definition) is 3. The topological polar surface area (TPSA) is 44.5 Å². The van der Waals surface area contributed by atoms with Crippen LogP contribution in [0.5, 0.6) is 11.5 Å². The molecule has 0 fully saturated rings. The Bertz CT molecular complexity index is 356. The van der Waals surface area contributed by atoms with Gasteiger partial charge in [-0.25, -0.2) is 0 Å². The molecular formula is C14H23NO2. The highest BCUT2D eigenvalue weighted by atomic mass is 16.5. The quantitative estimate of drug-likeness (QED) is 0.856. The van der Waals surface area contributed by atoms with Crippen LogP contribution >= 0.6 is 0 Å². The third-order valence-electron chi connectivity index (χ3n) is 2.60. The van der Waals surface area contributed by atoms with Crippen molar-refractivity contribution in [3.63, 3.8) is 0 Å². The monoisotopic (exact) mass is 237 g/mol. The lowest BCUT2D eigenvalue weighted by Crippen LogP contribution is -2.12. The van der Waals surface area contributed by atoms with Gasteiger partial charge in [0.1, 0.15) is 11.5 Å². The first kappa shape index (κ1) is 13.8. The van der Waals surface area contributed by atoms with Crippen molar-refractivity contribution in [2.45, 2.75) is 33.7 Å². The van der Waals surface area contributed by atoms with Gasteiger partial charge in [-0.1, -0.05) is 20.8 Å². The van der Waals surface area contributed by atoms with Gasteiger partial charge in [-0.05, 0) is 30.0 Å². The van der Waals surface area contributed by atoms with Crippen LogP contribution in [0, 0.1) is 5.41 Å². The molecule has 0 amide bonds. The smallest absolute Gasteiger partial charge is 0.124 e. The molecule has 0 aromatic heterocycles. The molecule has 0 bridgehead atoms. The Morgan fingerprint density at radius 1 is 1.24 bits per heavy atom. The maximum Gasteiger partial charge on any atom is 0.124 e. The van der Waals surface area contributed by atoms with Crippen molar-refractivity contribution in [1.29, 1.82) is 0 Å². The normalized spacial score (nSPS) is 11.4. The van der Waals surface area contributed by atoms with Crippen LogP contribution in [0.15, 0.2) is 18.2 Å². The molecule has 0 radical (unpaired) electrons. The van der Waals surface area contributed by atoms with E-state index < -0.39 is 0 Å². The van der Waals surface area contributed by atoms with E-state index in [1.807, 2.05) is 18.2 Å². The van der Waals surface area contributed by atoms with E-state index in [-0.39, 0.29) is 5.41 Å². The van der Waals surface area contributed by atoms with Crippen LogP contribution in [0.2, 0.25) is 0 Å². The van der Waals surface area contributed by atoms with Gasteiger partial charge in [0.2, 0.25) is 0 Å². The second kappa shape index (κ2) is 5.92. The summed E-state index contributed by atoms with van der Waals surface area (Å²) in [5, 5.41) is 0. The maximum absolute atomic E-state index is 5.77. The van der Waals surface area contributed by atoms with Crippen LogP contribution in [-0.4, -0.2) is 13.7 Å². The SMILES string of the molecule is COc1ccc(OCCC(C)(C)C)c(CN)c1. The Balaban J connectivity index is 2.64. The Kier molecular flexibility index (Phi) is 4.82. The van der Waals surface area contributed by atoms with Crippen LogP contribution in [0.4, 0.5) is 0 Å². The van der Waals surface area contributed by atoms with Gasteiger partial charge in [-0.3, -0.25) is 0 Å². The van der Waals surface area contributed by atoms with Gasteiger partial charge < -0.3 is 15.2 Å². The molecule has 0 unspecified atom stereocenters. The standard InChI is InChI=1S/C14H23NO2/c1-14(2,3)7-8-17-13-6-5-12(16-4)9-11(13)10-15/h5-6,9H,7-8,10,15H2,1-4H3. The number of rotatable bonds is 5. The van der Waals surface area contributed by atoms with E-state index in [4.69, 9.17) is 15.2 Å². The molecule has 96 valence electrons. The van der Waals surface area contributed by atoms with Crippen LogP contribution in [0.1, 0.15) is 32.8 Å². The molecule has 3 nitrogen and oxygen atoms in total. The van der Waals surface area contributed by atoms with Crippen molar-refractivity contribution in [2.24, 2.45) is 11.1 Å². The molecule has 0 saturated carbocycles. The summed E-state index contributed by atoms with van der Waals surface area (Å²) in [6.07, 6.45) is 1.02. The first-order valence-electron chi connectivity index (χ1n) is 5.96. The number of ether oxygens (including phenoxy) is 2. The van der Waals surface area contributed by atoms with Crippen LogP contribution < -0.4 is 15.2 Å². The summed E-state index contributed by atoms with van der Waals surface area (Å²) >= 11 is 0. The van der Waals surface area contributed by atoms with Crippen molar-refractivity contribution >= 4 is 0 Å². The van der Waals surface area contributed by atoms with Gasteiger partial charge >= 0.3 is 0 Å². The van der Waals surface area contributed by atoms with Gasteiger partial charge in [0, 0.05) is 12.1 Å². The molecule has 3 heteroatoms. The summed E-state index contributed by atoms with van der Waals surface area (Å²) in [6.45, 7) is 7.78. The highest BCUT2D eigenvalue weighted by Gasteiger charge is 2.11. The fourth-order valence-electron chi connectivity index (χ4n) is 1.45. The Labute approximate surface area is 104 Å². The second-order valence-corrected chi connectivity index (χ2v) is 5.34. The molecule has 1 rings (SSSR count). The lowest BCUT2D eigenvalue weighted by atomic mass is 9.93. The van der Waals surface area contributed by atoms with Gasteiger partial charge in [0.25, 0.3) is 0 Å². The molecule has 0 saturated heterocycles. The van der Waals surface area contributed by atoms with E-state index in [0.717, 1.165) is 23.5 Å². The largest absolute Gasteiger partial charge is 0.497 e. The third kappa shape index (κ3) is 4.65. The van der Waals surface area contributed by atoms with Crippen molar-refractivity contribution in [3.8, 4) is 11.5 Å². The summed E-state index contributed by atoms with van der Waals surface area (Å²) in [5.41, 5.74) is 6.97. The molecule has 0 spiro atoms. The fraction of sp³-hybridized carbons (Fsp3) is 0.571. The molecular weight excluding hydrogens is 214 g/mol. The Morgan fingerprint density at radius 3 is 2.47 bits per heavy atom. The average molecular weight is 237 g/mol. The molecule has 0 aliphatic heterocycles. The molecule has 0 heterocycles. The molecule has 17 heavy (non-hydrogen) atoms. The zero-order chi connectivity index (χ0) is 12.9. The van der Waals surface area contributed by atoms with Crippen molar-refractivity contribution in [1.82, 2.24) is 0 Å². The minimum Gasteiger partial charge on any atom is -0.497 e. The van der Waals surface area contributed by atoms with Crippen molar-refractivity contribution in [3.05, 3.63) is 23.8 Å². The van der Waals surface area contributed by atoms with Crippen molar-refractivity contribution < 1.29 is 9.47 Å². The summed E-state index contributed by atoms with van der Waals surface area (Å²) in [6, 6.07) is 5.74. The van der Waals surface area contributed by atoms with Crippen LogP contribution in [0.25, 0.3) is 0 Å². The second-order valence-electron chi connectivity index (χ2n) is 5.34. The number of methoxy groups -OCH3 is 1. The summed E-state index contributed by atoms with van der Waals surface area (Å²) in [5.74, 6) is 1.67. The zero-order valence-corrected chi connectivity index (χ0v) is 11.2. The lowest BCUT2D eigenvalue weighted by molar-refractivity contribution is 0.241. The Morgan fingerprint density at radius 2 is 1.94 bits per heavy atom. The highest BCUT2D eigenvalue weighted by Crippen LogP contribution is 2.25. The Hall–Kier alpha value is -1.22. The first-order chi connectivity index (χ1) is 7.96. The maximum atomic E-state index is 5.77. The minimum atomic E-state index is 0.287. The first-order valence-corrected chi connectivity index (χ1v) is 5.96. The predicted molar refractivity (Wildman–Crippen MR) is 70.5 cm³/mol. The third-order valence-corrected chi connectivity index (χ3v) is 2.60.